The van der Waals surface area contributed by atoms with E-state index < -0.39 is 24.0 Å². The molecule has 0 aliphatic carbocycles. The van der Waals surface area contributed by atoms with Gasteiger partial charge in [-0.25, -0.2) is 9.59 Å². The summed E-state index contributed by atoms with van der Waals surface area (Å²) in [6, 6.07) is 12.7. The minimum atomic E-state index is -0.458. The van der Waals surface area contributed by atoms with Crippen molar-refractivity contribution in [3.63, 3.8) is 0 Å². The Labute approximate surface area is 152 Å². The summed E-state index contributed by atoms with van der Waals surface area (Å²) in [5, 5.41) is 0. The molecule has 2 atom stereocenters. The highest BCUT2D eigenvalue weighted by Crippen LogP contribution is 2.25. The summed E-state index contributed by atoms with van der Waals surface area (Å²) in [5.74, 6) is -0.810. The third kappa shape index (κ3) is 4.79. The Morgan fingerprint density at radius 3 is 1.24 bits per heavy atom. The van der Waals surface area contributed by atoms with Gasteiger partial charge in [-0.3, -0.25) is 0 Å². The monoisotopic (exact) mass is 364 g/mol. The van der Waals surface area contributed by atoms with Gasteiger partial charge in [0, 0.05) is 12.1 Å². The minimum Gasteiger partial charge on any atom is -0.465 e. The van der Waals surface area contributed by atoms with Crippen LogP contribution in [0.5, 0.6) is 0 Å². The molecule has 6 nitrogen and oxygen atoms in total. The molecule has 0 saturated heterocycles. The molecule has 7 heteroatoms. The van der Waals surface area contributed by atoms with Crippen LogP contribution in [0.15, 0.2) is 48.5 Å². The fraction of sp³-hybridized carbons (Fsp3) is 0.222. The zero-order chi connectivity index (χ0) is 17.7. The molecular formula is C18H21ClN2O4. The highest BCUT2D eigenvalue weighted by atomic mass is 35.5. The maximum atomic E-state index is 11.4. The van der Waals surface area contributed by atoms with Gasteiger partial charge >= 0.3 is 11.9 Å². The van der Waals surface area contributed by atoms with E-state index in [0.29, 0.717) is 11.1 Å². The molecule has 0 fully saturated rings. The normalized spacial score (nSPS) is 12.5. The number of carbonyl (C=O) groups excluding carboxylic acids is 2. The lowest BCUT2D eigenvalue weighted by molar-refractivity contribution is 0.0592. The lowest BCUT2D eigenvalue weighted by atomic mass is 9.93. The molecule has 0 aromatic heterocycles. The maximum Gasteiger partial charge on any atom is 0.337 e. The largest absolute Gasteiger partial charge is 0.465 e. The molecule has 25 heavy (non-hydrogen) atoms. The molecule has 0 spiro atoms. The summed E-state index contributed by atoms with van der Waals surface area (Å²) in [6.07, 6.45) is 0. The van der Waals surface area contributed by atoms with E-state index in [-0.39, 0.29) is 12.4 Å². The Hall–Kier alpha value is -2.41. The molecule has 0 aliphatic heterocycles. The van der Waals surface area contributed by atoms with E-state index in [1.165, 1.54) is 14.2 Å². The smallest absolute Gasteiger partial charge is 0.337 e. The molecule has 0 unspecified atom stereocenters. The topological polar surface area (TPSA) is 105 Å². The zero-order valence-electron chi connectivity index (χ0n) is 14.0. The Bertz CT molecular complexity index is 653. The number of hydrogen-bond acceptors (Lipinski definition) is 6. The number of carbonyl (C=O) groups is 2. The van der Waals surface area contributed by atoms with Crippen LogP contribution < -0.4 is 11.5 Å². The Morgan fingerprint density at radius 2 is 1.00 bits per heavy atom. The van der Waals surface area contributed by atoms with Gasteiger partial charge in [-0.05, 0) is 35.4 Å². The molecule has 2 rings (SSSR count). The fourth-order valence-electron chi connectivity index (χ4n) is 2.33. The lowest BCUT2D eigenvalue weighted by Crippen LogP contribution is -2.26. The van der Waals surface area contributed by atoms with Crippen LogP contribution >= 0.6 is 12.4 Å². The Balaban J connectivity index is 0.00000312. The second kappa shape index (κ2) is 9.17. The van der Waals surface area contributed by atoms with Gasteiger partial charge in [0.05, 0.1) is 25.3 Å². The fourth-order valence-corrected chi connectivity index (χ4v) is 2.33. The molecular weight excluding hydrogens is 344 g/mol. The summed E-state index contributed by atoms with van der Waals surface area (Å²) < 4.78 is 9.32. The first-order valence-electron chi connectivity index (χ1n) is 7.35. The van der Waals surface area contributed by atoms with Gasteiger partial charge in [0.2, 0.25) is 0 Å². The van der Waals surface area contributed by atoms with Gasteiger partial charge in [-0.15, -0.1) is 12.4 Å². The second-order valence-electron chi connectivity index (χ2n) is 5.28. The van der Waals surface area contributed by atoms with Crippen molar-refractivity contribution in [1.29, 1.82) is 0 Å². The van der Waals surface area contributed by atoms with Gasteiger partial charge in [0.25, 0.3) is 0 Å². The summed E-state index contributed by atoms with van der Waals surface area (Å²) in [5.41, 5.74) is 14.9. The van der Waals surface area contributed by atoms with Crippen LogP contribution in [-0.2, 0) is 9.47 Å². The summed E-state index contributed by atoms with van der Waals surface area (Å²) in [7, 11) is 2.66. The lowest BCUT2D eigenvalue weighted by Gasteiger charge is -2.21. The van der Waals surface area contributed by atoms with E-state index in [4.69, 9.17) is 11.5 Å². The number of esters is 2. The quantitative estimate of drug-likeness (QED) is 0.789. The average Bonchev–Trinajstić information content (AvgIpc) is 2.65. The predicted octanol–water partition coefficient (Wildman–Crippen LogP) is 2.38. The SMILES string of the molecule is COC(=O)c1ccc([C@H](N)[C@@H](N)c2ccc(C(=O)OC)cc2)cc1.Cl. The van der Waals surface area contributed by atoms with Gasteiger partial charge in [-0.1, -0.05) is 24.3 Å². The van der Waals surface area contributed by atoms with Gasteiger partial charge in [-0.2, -0.15) is 0 Å². The first-order chi connectivity index (χ1) is 11.5. The van der Waals surface area contributed by atoms with Crippen LogP contribution in [-0.4, -0.2) is 26.2 Å². The molecule has 0 heterocycles. The van der Waals surface area contributed by atoms with Crippen LogP contribution in [0, 0.1) is 0 Å². The number of methoxy groups -OCH3 is 2. The molecule has 0 amide bonds. The van der Waals surface area contributed by atoms with Crippen molar-refractivity contribution >= 4 is 24.3 Å². The van der Waals surface area contributed by atoms with Crippen molar-refractivity contribution in [2.24, 2.45) is 11.5 Å². The molecule has 0 aliphatic rings. The number of halogens is 1. The highest BCUT2D eigenvalue weighted by Gasteiger charge is 2.18. The predicted molar refractivity (Wildman–Crippen MR) is 96.7 cm³/mol. The molecule has 134 valence electrons. The van der Waals surface area contributed by atoms with Crippen LogP contribution in [0.2, 0.25) is 0 Å². The van der Waals surface area contributed by atoms with Crippen molar-refractivity contribution < 1.29 is 19.1 Å². The molecule has 2 aromatic carbocycles. The number of rotatable bonds is 5. The standard InChI is InChI=1S/C18H20N2O4.ClH/c1-23-17(21)13-7-3-11(4-8-13)15(19)16(20)12-5-9-14(10-6-12)18(22)24-2;/h3-10,15-16H,19-20H2,1-2H3;1H/t15-,16-;/m0./s1. The maximum absolute atomic E-state index is 11.4. The molecule has 0 bridgehead atoms. The van der Waals surface area contributed by atoms with E-state index in [1.54, 1.807) is 48.5 Å². The first kappa shape index (κ1) is 20.6. The van der Waals surface area contributed by atoms with E-state index in [9.17, 15) is 9.59 Å². The van der Waals surface area contributed by atoms with Crippen LogP contribution in [0.1, 0.15) is 43.9 Å². The molecule has 2 aromatic rings. The van der Waals surface area contributed by atoms with Crippen LogP contribution in [0.4, 0.5) is 0 Å². The van der Waals surface area contributed by atoms with Gasteiger partial charge in [0.15, 0.2) is 0 Å². The summed E-state index contributed by atoms with van der Waals surface area (Å²) in [6.45, 7) is 0. The Kier molecular flexibility index (Phi) is 7.57. The van der Waals surface area contributed by atoms with Crippen molar-refractivity contribution in [3.8, 4) is 0 Å². The van der Waals surface area contributed by atoms with E-state index in [2.05, 4.69) is 9.47 Å². The van der Waals surface area contributed by atoms with Crippen molar-refractivity contribution in [3.05, 3.63) is 70.8 Å². The molecule has 4 N–H and O–H groups in total. The second-order valence-corrected chi connectivity index (χ2v) is 5.28. The van der Waals surface area contributed by atoms with Gasteiger partial charge in [0.1, 0.15) is 0 Å². The van der Waals surface area contributed by atoms with Crippen LogP contribution in [0.25, 0.3) is 0 Å². The number of nitrogens with two attached hydrogens (primary N) is 2. The Morgan fingerprint density at radius 1 is 0.720 bits per heavy atom. The van der Waals surface area contributed by atoms with Crippen LogP contribution in [0.3, 0.4) is 0 Å². The minimum absolute atomic E-state index is 0. The highest BCUT2D eigenvalue weighted by molar-refractivity contribution is 5.89. The van der Waals surface area contributed by atoms with Crippen molar-refractivity contribution in [2.75, 3.05) is 14.2 Å². The van der Waals surface area contributed by atoms with E-state index in [0.717, 1.165) is 11.1 Å². The number of benzene rings is 2. The van der Waals surface area contributed by atoms with Gasteiger partial charge < -0.3 is 20.9 Å². The van der Waals surface area contributed by atoms with E-state index in [1.807, 2.05) is 0 Å². The average molecular weight is 365 g/mol. The van der Waals surface area contributed by atoms with Crippen molar-refractivity contribution in [1.82, 2.24) is 0 Å². The van der Waals surface area contributed by atoms with E-state index >= 15 is 0 Å². The molecule has 0 saturated carbocycles. The third-order valence-corrected chi connectivity index (χ3v) is 3.82. The number of ether oxygens (including phenoxy) is 2. The van der Waals surface area contributed by atoms with Crippen molar-refractivity contribution in [2.45, 2.75) is 12.1 Å². The number of hydrogen-bond donors (Lipinski definition) is 2. The zero-order valence-corrected chi connectivity index (χ0v) is 14.8. The third-order valence-electron chi connectivity index (χ3n) is 3.82. The molecule has 0 radical (unpaired) electrons. The summed E-state index contributed by atoms with van der Waals surface area (Å²) >= 11 is 0. The first-order valence-corrected chi connectivity index (χ1v) is 7.35. The summed E-state index contributed by atoms with van der Waals surface area (Å²) in [4.78, 5) is 22.9.